The Morgan fingerprint density at radius 1 is 1.10 bits per heavy atom. The zero-order chi connectivity index (χ0) is 14.5. The number of nitrogens with one attached hydrogen (secondary N) is 1. The maximum atomic E-state index is 12.0. The van der Waals surface area contributed by atoms with Crippen LogP contribution in [0.5, 0.6) is 0 Å². The number of halogens is 2. The highest BCUT2D eigenvalue weighted by molar-refractivity contribution is 9.10. The third-order valence-electron chi connectivity index (χ3n) is 2.66. The summed E-state index contributed by atoms with van der Waals surface area (Å²) in [6.45, 7) is 1.86. The zero-order valence-electron chi connectivity index (χ0n) is 10.9. The zero-order valence-corrected chi connectivity index (χ0v) is 13.2. The van der Waals surface area contributed by atoms with Crippen LogP contribution in [-0.4, -0.2) is 5.78 Å². The molecular formula is C16H13BrClNO. The molecule has 0 unspecified atom stereocenters. The molecule has 0 amide bonds. The van der Waals surface area contributed by atoms with Crippen molar-refractivity contribution in [2.75, 3.05) is 5.32 Å². The Labute approximate surface area is 131 Å². The van der Waals surface area contributed by atoms with Gasteiger partial charge in [0.25, 0.3) is 0 Å². The molecule has 0 aliphatic heterocycles. The molecule has 20 heavy (non-hydrogen) atoms. The fourth-order valence-corrected chi connectivity index (χ4v) is 2.08. The van der Waals surface area contributed by atoms with E-state index >= 15 is 0 Å². The van der Waals surface area contributed by atoms with E-state index in [1.165, 1.54) is 0 Å². The van der Waals surface area contributed by atoms with Crippen molar-refractivity contribution in [3.8, 4) is 0 Å². The van der Waals surface area contributed by atoms with E-state index < -0.39 is 0 Å². The summed E-state index contributed by atoms with van der Waals surface area (Å²) >= 11 is 9.18. The molecular weight excluding hydrogens is 338 g/mol. The molecule has 2 aromatic carbocycles. The summed E-state index contributed by atoms with van der Waals surface area (Å²) in [5.41, 5.74) is 2.34. The van der Waals surface area contributed by atoms with E-state index in [4.69, 9.17) is 11.6 Å². The molecule has 2 aromatic rings. The highest BCUT2D eigenvalue weighted by atomic mass is 79.9. The Bertz CT molecular complexity index is 633. The second-order valence-electron chi connectivity index (χ2n) is 4.33. The molecule has 0 aliphatic carbocycles. The molecule has 1 N–H and O–H groups in total. The lowest BCUT2D eigenvalue weighted by Crippen LogP contribution is -2.01. The minimum absolute atomic E-state index is 0.0521. The largest absolute Gasteiger partial charge is 0.359 e. The van der Waals surface area contributed by atoms with Gasteiger partial charge in [-0.3, -0.25) is 4.79 Å². The van der Waals surface area contributed by atoms with E-state index in [0.29, 0.717) is 10.6 Å². The molecule has 4 heteroatoms. The minimum Gasteiger partial charge on any atom is -0.359 e. The number of carbonyl (C=O) groups excluding carboxylic acids is 1. The second-order valence-corrected chi connectivity index (χ2v) is 5.68. The highest BCUT2D eigenvalue weighted by Gasteiger charge is 2.03. The van der Waals surface area contributed by atoms with Crippen molar-refractivity contribution in [3.63, 3.8) is 0 Å². The molecule has 0 saturated heterocycles. The molecule has 2 rings (SSSR count). The highest BCUT2D eigenvalue weighted by Crippen LogP contribution is 2.16. The first kappa shape index (κ1) is 14.8. The van der Waals surface area contributed by atoms with Crippen LogP contribution < -0.4 is 5.32 Å². The quantitative estimate of drug-likeness (QED) is 0.599. The van der Waals surface area contributed by atoms with E-state index in [1.54, 1.807) is 30.3 Å². The van der Waals surface area contributed by atoms with Gasteiger partial charge in [-0.2, -0.15) is 0 Å². The van der Waals surface area contributed by atoms with Gasteiger partial charge in [-0.05, 0) is 55.5 Å². The van der Waals surface area contributed by atoms with Crippen LogP contribution in [0, 0.1) is 0 Å². The molecule has 0 spiro atoms. The number of ketones is 1. The third kappa shape index (κ3) is 4.22. The smallest absolute Gasteiger partial charge is 0.187 e. The molecule has 0 aliphatic rings. The number of hydrogen-bond acceptors (Lipinski definition) is 2. The Kier molecular flexibility index (Phi) is 4.99. The Hall–Kier alpha value is -1.58. The van der Waals surface area contributed by atoms with Gasteiger partial charge in [0.1, 0.15) is 0 Å². The van der Waals surface area contributed by atoms with Gasteiger partial charge in [0, 0.05) is 32.5 Å². The van der Waals surface area contributed by atoms with Gasteiger partial charge in [-0.1, -0.05) is 27.5 Å². The van der Waals surface area contributed by atoms with Crippen molar-refractivity contribution in [2.24, 2.45) is 0 Å². The van der Waals surface area contributed by atoms with Gasteiger partial charge < -0.3 is 5.32 Å². The van der Waals surface area contributed by atoms with Gasteiger partial charge >= 0.3 is 0 Å². The van der Waals surface area contributed by atoms with Crippen LogP contribution in [0.3, 0.4) is 0 Å². The van der Waals surface area contributed by atoms with Crippen LogP contribution >= 0.6 is 27.5 Å². The summed E-state index contributed by atoms with van der Waals surface area (Å²) in [4.78, 5) is 12.0. The van der Waals surface area contributed by atoms with E-state index in [0.717, 1.165) is 15.9 Å². The van der Waals surface area contributed by atoms with Gasteiger partial charge in [0.05, 0.1) is 0 Å². The number of allylic oxidation sites excluding steroid dienone is 2. The standard InChI is InChI=1S/C16H13BrClNO/c1-11(19-15-8-4-13(17)5-9-15)10-16(20)12-2-6-14(18)7-3-12/h2-10,19H,1H3/b11-10-. The van der Waals surface area contributed by atoms with Crippen molar-refractivity contribution in [1.82, 2.24) is 0 Å². The van der Waals surface area contributed by atoms with Crippen molar-refractivity contribution >= 4 is 39.0 Å². The van der Waals surface area contributed by atoms with Crippen molar-refractivity contribution < 1.29 is 4.79 Å². The first-order valence-electron chi connectivity index (χ1n) is 6.05. The molecule has 0 bridgehead atoms. The maximum Gasteiger partial charge on any atom is 0.187 e. The fourth-order valence-electron chi connectivity index (χ4n) is 1.69. The lowest BCUT2D eigenvalue weighted by Gasteiger charge is -2.06. The van der Waals surface area contributed by atoms with Crippen molar-refractivity contribution in [1.29, 1.82) is 0 Å². The summed E-state index contributed by atoms with van der Waals surface area (Å²) in [5.74, 6) is -0.0521. The monoisotopic (exact) mass is 349 g/mol. The Morgan fingerprint density at radius 2 is 1.70 bits per heavy atom. The first-order chi connectivity index (χ1) is 9.54. The number of rotatable bonds is 4. The Morgan fingerprint density at radius 3 is 2.30 bits per heavy atom. The number of benzene rings is 2. The van der Waals surface area contributed by atoms with E-state index in [-0.39, 0.29) is 5.78 Å². The summed E-state index contributed by atoms with van der Waals surface area (Å²) in [6.07, 6.45) is 1.57. The van der Waals surface area contributed by atoms with Gasteiger partial charge in [-0.15, -0.1) is 0 Å². The Balaban J connectivity index is 2.07. The molecule has 2 nitrogen and oxygen atoms in total. The van der Waals surface area contributed by atoms with Gasteiger partial charge in [-0.25, -0.2) is 0 Å². The molecule has 0 saturated carbocycles. The molecule has 0 fully saturated rings. The van der Waals surface area contributed by atoms with Gasteiger partial charge in [0.2, 0.25) is 0 Å². The predicted molar refractivity (Wildman–Crippen MR) is 87.3 cm³/mol. The molecule has 0 radical (unpaired) electrons. The van der Waals surface area contributed by atoms with Crippen molar-refractivity contribution in [2.45, 2.75) is 6.92 Å². The summed E-state index contributed by atoms with van der Waals surface area (Å²) in [6, 6.07) is 14.6. The molecule has 102 valence electrons. The topological polar surface area (TPSA) is 29.1 Å². The lowest BCUT2D eigenvalue weighted by molar-refractivity contribution is 0.104. The first-order valence-corrected chi connectivity index (χ1v) is 7.22. The number of hydrogen-bond donors (Lipinski definition) is 1. The molecule has 0 heterocycles. The fraction of sp³-hybridized carbons (Fsp3) is 0.0625. The van der Waals surface area contributed by atoms with Crippen LogP contribution in [0.4, 0.5) is 5.69 Å². The van der Waals surface area contributed by atoms with Crippen LogP contribution in [0.25, 0.3) is 0 Å². The second kappa shape index (κ2) is 6.73. The molecule has 0 atom stereocenters. The van der Waals surface area contributed by atoms with Crippen molar-refractivity contribution in [3.05, 3.63) is 75.4 Å². The lowest BCUT2D eigenvalue weighted by atomic mass is 10.1. The number of carbonyl (C=O) groups is 1. The maximum absolute atomic E-state index is 12.0. The van der Waals surface area contributed by atoms with E-state index in [2.05, 4.69) is 21.2 Å². The van der Waals surface area contributed by atoms with E-state index in [9.17, 15) is 4.79 Å². The molecule has 0 aromatic heterocycles. The normalized spacial score (nSPS) is 11.2. The minimum atomic E-state index is -0.0521. The van der Waals surface area contributed by atoms with Gasteiger partial charge in [0.15, 0.2) is 5.78 Å². The van der Waals surface area contributed by atoms with Crippen LogP contribution in [0.2, 0.25) is 5.02 Å². The third-order valence-corrected chi connectivity index (χ3v) is 3.44. The van der Waals surface area contributed by atoms with Crippen LogP contribution in [0.15, 0.2) is 64.8 Å². The predicted octanol–water partition coefficient (Wildman–Crippen LogP) is 5.30. The van der Waals surface area contributed by atoms with Crippen LogP contribution in [0.1, 0.15) is 17.3 Å². The summed E-state index contributed by atoms with van der Waals surface area (Å²) in [5, 5.41) is 3.80. The van der Waals surface area contributed by atoms with Crippen LogP contribution in [-0.2, 0) is 0 Å². The van der Waals surface area contributed by atoms with E-state index in [1.807, 2.05) is 31.2 Å². The average molecular weight is 351 g/mol. The SMILES string of the molecule is C/C(=C/C(=O)c1ccc(Cl)cc1)Nc1ccc(Br)cc1. The number of anilines is 1. The average Bonchev–Trinajstić information content (AvgIpc) is 2.42. The summed E-state index contributed by atoms with van der Waals surface area (Å²) in [7, 11) is 0. The summed E-state index contributed by atoms with van der Waals surface area (Å²) < 4.78 is 1.02.